The van der Waals surface area contributed by atoms with Crippen LogP contribution in [0.4, 0.5) is 0 Å². The number of aromatic nitrogens is 2. The Morgan fingerprint density at radius 2 is 1.07 bits per heavy atom. The number of allylic oxidation sites excluding steroid dienone is 4. The van der Waals surface area contributed by atoms with Crippen molar-refractivity contribution in [1.29, 1.82) is 0 Å². The molecule has 0 radical (unpaired) electrons. The summed E-state index contributed by atoms with van der Waals surface area (Å²) in [5, 5.41) is 5.04. The molecule has 44 heavy (non-hydrogen) atoms. The van der Waals surface area contributed by atoms with Gasteiger partial charge in [-0.2, -0.15) is 0 Å². The largest absolute Gasteiger partial charge is 0.265 e. The molecule has 5 aromatic carbocycles. The third kappa shape index (κ3) is 4.71. The maximum atomic E-state index is 4.25. The van der Waals surface area contributed by atoms with E-state index in [0.29, 0.717) is 5.92 Å². The lowest BCUT2D eigenvalue weighted by Crippen LogP contribution is -2.01. The topological polar surface area (TPSA) is 25.8 Å². The van der Waals surface area contributed by atoms with E-state index >= 15 is 0 Å². The molecule has 2 heterocycles. The zero-order valence-electron chi connectivity index (χ0n) is 24.3. The maximum Gasteiger partial charge on any atom is 0.0273 e. The molecule has 1 atom stereocenters. The Morgan fingerprint density at radius 1 is 0.455 bits per heavy atom. The molecule has 0 N–H and O–H groups in total. The van der Waals surface area contributed by atoms with Crippen LogP contribution in [0.2, 0.25) is 0 Å². The molecule has 0 fully saturated rings. The van der Waals surface area contributed by atoms with Gasteiger partial charge in [0.15, 0.2) is 0 Å². The number of hydrogen-bond acceptors (Lipinski definition) is 2. The van der Waals surface area contributed by atoms with Crippen LogP contribution in [0.5, 0.6) is 0 Å². The van der Waals surface area contributed by atoms with Gasteiger partial charge in [-0.15, -0.1) is 0 Å². The third-order valence-corrected chi connectivity index (χ3v) is 8.79. The smallest absolute Gasteiger partial charge is 0.0273 e. The van der Waals surface area contributed by atoms with Gasteiger partial charge in [0, 0.05) is 30.7 Å². The van der Waals surface area contributed by atoms with Gasteiger partial charge in [-0.1, -0.05) is 103 Å². The Morgan fingerprint density at radius 3 is 1.86 bits per heavy atom. The molecule has 7 aromatic rings. The van der Waals surface area contributed by atoms with Crippen molar-refractivity contribution in [3.63, 3.8) is 0 Å². The number of nitrogens with zero attached hydrogens (tertiary/aromatic N) is 2. The summed E-state index contributed by atoms with van der Waals surface area (Å²) in [7, 11) is 0. The van der Waals surface area contributed by atoms with Crippen molar-refractivity contribution >= 4 is 27.1 Å². The second-order valence-electron chi connectivity index (χ2n) is 11.4. The molecule has 0 bridgehead atoms. The molecule has 1 unspecified atom stereocenters. The normalized spacial score (nSPS) is 14.5. The van der Waals surface area contributed by atoms with Crippen molar-refractivity contribution in [2.75, 3.05) is 0 Å². The highest BCUT2D eigenvalue weighted by molar-refractivity contribution is 6.20. The molecule has 1 aliphatic rings. The van der Waals surface area contributed by atoms with Gasteiger partial charge in [0.05, 0.1) is 0 Å². The number of benzene rings is 5. The van der Waals surface area contributed by atoms with Crippen molar-refractivity contribution < 1.29 is 0 Å². The van der Waals surface area contributed by atoms with Gasteiger partial charge in [-0.25, -0.2) is 0 Å². The number of pyridine rings is 2. The summed E-state index contributed by atoms with van der Waals surface area (Å²) in [5.74, 6) is 0.312. The fourth-order valence-electron chi connectivity index (χ4n) is 6.70. The summed E-state index contributed by atoms with van der Waals surface area (Å²) in [6.45, 7) is 0. The van der Waals surface area contributed by atoms with Crippen LogP contribution in [0, 0.1) is 0 Å². The lowest BCUT2D eigenvalue weighted by atomic mass is 9.81. The average molecular weight is 563 g/mol. The number of rotatable bonds is 5. The molecule has 0 saturated heterocycles. The molecule has 0 amide bonds. The average Bonchev–Trinajstić information content (AvgIpc) is 3.11. The van der Waals surface area contributed by atoms with Gasteiger partial charge in [-0.3, -0.25) is 9.97 Å². The Hall–Kier alpha value is -5.60. The molecular weight excluding hydrogens is 532 g/mol. The predicted octanol–water partition coefficient (Wildman–Crippen LogP) is 10.9. The van der Waals surface area contributed by atoms with Crippen LogP contribution in [-0.4, -0.2) is 9.97 Å². The minimum Gasteiger partial charge on any atom is -0.265 e. The van der Waals surface area contributed by atoms with E-state index in [1.54, 1.807) is 0 Å². The molecule has 208 valence electrons. The summed E-state index contributed by atoms with van der Waals surface area (Å²) in [5.41, 5.74) is 11.1. The first-order valence-corrected chi connectivity index (χ1v) is 15.2. The first-order valence-electron chi connectivity index (χ1n) is 15.2. The van der Waals surface area contributed by atoms with Crippen LogP contribution in [-0.2, 0) is 0 Å². The van der Waals surface area contributed by atoms with Crippen LogP contribution < -0.4 is 0 Å². The van der Waals surface area contributed by atoms with Gasteiger partial charge in [0.2, 0.25) is 0 Å². The Balaban J connectivity index is 1.43. The van der Waals surface area contributed by atoms with Crippen molar-refractivity contribution in [1.82, 2.24) is 9.97 Å². The SMILES string of the molecule is C1=CC(c2c3ccccc3c(-c3cccc(-c4ccncc4)c3)c3cc(-c4ccccc4)ccc23)=CC(c2ccncc2)C1. The summed E-state index contributed by atoms with van der Waals surface area (Å²) in [6, 6.07) is 44.0. The molecular formula is C42H30N2. The fraction of sp³-hybridized carbons (Fsp3) is 0.0476. The first kappa shape index (κ1) is 26.1. The number of hydrogen-bond donors (Lipinski definition) is 0. The molecule has 2 aromatic heterocycles. The first-order chi connectivity index (χ1) is 21.8. The van der Waals surface area contributed by atoms with Crippen molar-refractivity contribution in [3.8, 4) is 33.4 Å². The minimum atomic E-state index is 0.312. The molecule has 2 nitrogen and oxygen atoms in total. The fourth-order valence-corrected chi connectivity index (χ4v) is 6.70. The van der Waals surface area contributed by atoms with E-state index in [1.165, 1.54) is 66.1 Å². The Kier molecular flexibility index (Phi) is 6.66. The van der Waals surface area contributed by atoms with E-state index in [1.807, 2.05) is 24.8 Å². The zero-order valence-corrected chi connectivity index (χ0v) is 24.3. The Labute approximate surface area is 257 Å². The quantitative estimate of drug-likeness (QED) is 0.195. The highest BCUT2D eigenvalue weighted by Crippen LogP contribution is 2.45. The lowest BCUT2D eigenvalue weighted by Gasteiger charge is -2.22. The monoisotopic (exact) mass is 562 g/mol. The highest BCUT2D eigenvalue weighted by atomic mass is 14.6. The van der Waals surface area contributed by atoms with E-state index in [-0.39, 0.29) is 0 Å². The number of fused-ring (bicyclic) bond motifs is 2. The summed E-state index contributed by atoms with van der Waals surface area (Å²) in [6.07, 6.45) is 15.6. The van der Waals surface area contributed by atoms with E-state index in [4.69, 9.17) is 0 Å². The van der Waals surface area contributed by atoms with Crippen molar-refractivity contribution in [2.24, 2.45) is 0 Å². The summed E-state index contributed by atoms with van der Waals surface area (Å²) < 4.78 is 0. The van der Waals surface area contributed by atoms with Crippen LogP contribution in [0.3, 0.4) is 0 Å². The second kappa shape index (κ2) is 11.2. The molecule has 1 aliphatic carbocycles. The van der Waals surface area contributed by atoms with Gasteiger partial charge < -0.3 is 0 Å². The summed E-state index contributed by atoms with van der Waals surface area (Å²) in [4.78, 5) is 8.49. The van der Waals surface area contributed by atoms with Crippen LogP contribution in [0.25, 0.3) is 60.5 Å². The molecule has 0 aliphatic heterocycles. The highest BCUT2D eigenvalue weighted by Gasteiger charge is 2.21. The van der Waals surface area contributed by atoms with Crippen molar-refractivity contribution in [2.45, 2.75) is 12.3 Å². The third-order valence-electron chi connectivity index (χ3n) is 8.79. The van der Waals surface area contributed by atoms with E-state index in [9.17, 15) is 0 Å². The van der Waals surface area contributed by atoms with E-state index < -0.39 is 0 Å². The predicted molar refractivity (Wildman–Crippen MR) is 184 cm³/mol. The molecule has 8 rings (SSSR count). The van der Waals surface area contributed by atoms with E-state index in [2.05, 4.69) is 150 Å². The second-order valence-corrected chi connectivity index (χ2v) is 11.4. The zero-order chi connectivity index (χ0) is 29.3. The molecule has 0 saturated carbocycles. The molecule has 2 heteroatoms. The van der Waals surface area contributed by atoms with Crippen LogP contribution >= 0.6 is 0 Å². The Bertz CT molecular complexity index is 2180. The van der Waals surface area contributed by atoms with Crippen LogP contribution in [0.1, 0.15) is 23.5 Å². The lowest BCUT2D eigenvalue weighted by molar-refractivity contribution is 0.854. The minimum absolute atomic E-state index is 0.312. The van der Waals surface area contributed by atoms with Gasteiger partial charge in [-0.05, 0) is 114 Å². The van der Waals surface area contributed by atoms with Gasteiger partial charge in [0.25, 0.3) is 0 Å². The van der Waals surface area contributed by atoms with Crippen molar-refractivity contribution in [3.05, 3.63) is 175 Å². The van der Waals surface area contributed by atoms with Gasteiger partial charge in [0.1, 0.15) is 0 Å². The summed E-state index contributed by atoms with van der Waals surface area (Å²) >= 11 is 0. The van der Waals surface area contributed by atoms with E-state index in [0.717, 1.165) is 12.0 Å². The standard InChI is InChI=1S/C42H30N2/c1-2-8-29(9-3-1)34-16-17-39-40(28-34)42(36-13-7-11-33(27-36)31-20-24-44-25-21-31)38-15-5-4-14-37(38)41(39)35-12-6-10-32(26-35)30-18-22-43-23-19-30/h1-9,11-28,32H,10H2. The molecule has 0 spiro atoms. The van der Waals surface area contributed by atoms with Gasteiger partial charge >= 0.3 is 0 Å². The van der Waals surface area contributed by atoms with Crippen LogP contribution in [0.15, 0.2) is 164 Å². The maximum absolute atomic E-state index is 4.25.